The van der Waals surface area contributed by atoms with E-state index < -0.39 is 0 Å². The van der Waals surface area contributed by atoms with Crippen molar-refractivity contribution in [3.05, 3.63) is 42.0 Å². The topological polar surface area (TPSA) is 26.3 Å². The molecular weight excluding hydrogens is 224 g/mol. The molecule has 0 radical (unpaired) electrons. The molecule has 0 bridgehead atoms. The Morgan fingerprint density at radius 2 is 1.83 bits per heavy atom. The molecule has 0 saturated carbocycles. The van der Waals surface area contributed by atoms with Gasteiger partial charge in [0.05, 0.1) is 5.92 Å². The second-order valence-corrected chi connectivity index (χ2v) is 4.38. The summed E-state index contributed by atoms with van der Waals surface area (Å²) in [5.41, 5.74) is 0.801. The highest BCUT2D eigenvalue weighted by Gasteiger charge is 2.12. The predicted molar refractivity (Wildman–Crippen MR) is 72.4 cm³/mol. The van der Waals surface area contributed by atoms with E-state index in [2.05, 4.69) is 5.92 Å². The van der Waals surface area contributed by atoms with Gasteiger partial charge in [-0.15, -0.1) is 6.42 Å². The summed E-state index contributed by atoms with van der Waals surface area (Å²) in [6.45, 7) is 3.61. The zero-order valence-corrected chi connectivity index (χ0v) is 10.4. The van der Waals surface area contributed by atoms with Crippen molar-refractivity contribution in [2.75, 3.05) is 0 Å². The molecule has 0 unspecified atom stereocenters. The second-order valence-electron chi connectivity index (χ2n) is 4.38. The Morgan fingerprint density at radius 1 is 1.17 bits per heavy atom. The van der Waals surface area contributed by atoms with Crippen molar-refractivity contribution < 1.29 is 9.53 Å². The summed E-state index contributed by atoms with van der Waals surface area (Å²) in [5.74, 6) is 2.79. The molecule has 18 heavy (non-hydrogen) atoms. The van der Waals surface area contributed by atoms with Gasteiger partial charge in [-0.05, 0) is 12.1 Å². The molecule has 0 aromatic heterocycles. The van der Waals surface area contributed by atoms with Gasteiger partial charge in [0.25, 0.3) is 0 Å². The van der Waals surface area contributed by atoms with Gasteiger partial charge in [-0.2, -0.15) is 0 Å². The first-order chi connectivity index (χ1) is 8.63. The molecule has 2 rings (SSSR count). The lowest BCUT2D eigenvalue weighted by Gasteiger charge is -2.10. The first kappa shape index (κ1) is 12.2. The first-order valence-corrected chi connectivity index (χ1v) is 5.83. The summed E-state index contributed by atoms with van der Waals surface area (Å²) in [6.07, 6.45) is 5.46. The maximum Gasteiger partial charge on any atom is 0.313 e. The number of carbonyl (C=O) groups is 1. The van der Waals surface area contributed by atoms with Crippen LogP contribution >= 0.6 is 0 Å². The molecule has 0 atom stereocenters. The Hall–Kier alpha value is -2.27. The average molecular weight is 238 g/mol. The summed E-state index contributed by atoms with van der Waals surface area (Å²) < 4.78 is 5.38. The normalized spacial score (nSPS) is 10.3. The standard InChI is InChI=1S/C16H14O2/c1-4-12-7-5-9-14-13(12)8-6-10-15(14)18-16(17)11(2)3/h1,5-11H,2-3H3. The molecule has 2 nitrogen and oxygen atoms in total. The number of ether oxygens (including phenoxy) is 1. The van der Waals surface area contributed by atoms with Crippen molar-refractivity contribution in [3.8, 4) is 18.1 Å². The predicted octanol–water partition coefficient (Wildman–Crippen LogP) is 3.38. The average Bonchev–Trinajstić information content (AvgIpc) is 2.38. The Bertz CT molecular complexity index is 633. The Kier molecular flexibility index (Phi) is 3.34. The zero-order chi connectivity index (χ0) is 13.1. The van der Waals surface area contributed by atoms with Crippen LogP contribution in [0, 0.1) is 18.3 Å². The van der Waals surface area contributed by atoms with Crippen LogP contribution < -0.4 is 4.74 Å². The number of carbonyl (C=O) groups excluding carboxylic acids is 1. The summed E-state index contributed by atoms with van der Waals surface area (Å²) in [5, 5.41) is 1.79. The van der Waals surface area contributed by atoms with E-state index in [0.717, 1.165) is 16.3 Å². The molecule has 2 aromatic carbocycles. The van der Waals surface area contributed by atoms with Gasteiger partial charge in [0.15, 0.2) is 0 Å². The molecule has 2 heteroatoms. The minimum Gasteiger partial charge on any atom is -0.426 e. The highest BCUT2D eigenvalue weighted by molar-refractivity contribution is 5.94. The van der Waals surface area contributed by atoms with Crippen molar-refractivity contribution in [1.82, 2.24) is 0 Å². The van der Waals surface area contributed by atoms with Gasteiger partial charge in [-0.1, -0.05) is 44.0 Å². The Labute approximate surface area is 107 Å². The largest absolute Gasteiger partial charge is 0.426 e. The van der Waals surface area contributed by atoms with E-state index in [0.29, 0.717) is 5.75 Å². The monoisotopic (exact) mass is 238 g/mol. The minimum atomic E-state index is -0.242. The van der Waals surface area contributed by atoms with Gasteiger partial charge < -0.3 is 4.74 Å². The van der Waals surface area contributed by atoms with E-state index in [9.17, 15) is 4.79 Å². The van der Waals surface area contributed by atoms with Crippen LogP contribution in [0.4, 0.5) is 0 Å². The van der Waals surface area contributed by atoms with Gasteiger partial charge in [0.1, 0.15) is 5.75 Å². The molecule has 0 aliphatic rings. The van der Waals surface area contributed by atoms with Crippen LogP contribution in [0.5, 0.6) is 5.75 Å². The number of hydrogen-bond donors (Lipinski definition) is 0. The van der Waals surface area contributed by atoms with Gasteiger partial charge in [0, 0.05) is 16.3 Å². The fourth-order valence-corrected chi connectivity index (χ4v) is 1.72. The van der Waals surface area contributed by atoms with Gasteiger partial charge in [-0.3, -0.25) is 4.79 Å². The van der Waals surface area contributed by atoms with Crippen molar-refractivity contribution in [3.63, 3.8) is 0 Å². The van der Waals surface area contributed by atoms with E-state index in [1.165, 1.54) is 0 Å². The highest BCUT2D eigenvalue weighted by atomic mass is 16.5. The Morgan fingerprint density at radius 3 is 2.50 bits per heavy atom. The number of hydrogen-bond acceptors (Lipinski definition) is 2. The lowest BCUT2D eigenvalue weighted by Crippen LogP contribution is -2.14. The molecule has 0 N–H and O–H groups in total. The Balaban J connectivity index is 2.53. The molecular formula is C16H14O2. The lowest BCUT2D eigenvalue weighted by atomic mass is 10.0. The van der Waals surface area contributed by atoms with E-state index in [-0.39, 0.29) is 11.9 Å². The number of terminal acetylenes is 1. The van der Waals surface area contributed by atoms with E-state index in [4.69, 9.17) is 11.2 Å². The van der Waals surface area contributed by atoms with Gasteiger partial charge in [-0.25, -0.2) is 0 Å². The van der Waals surface area contributed by atoms with Crippen LogP contribution in [0.15, 0.2) is 36.4 Å². The summed E-state index contributed by atoms with van der Waals surface area (Å²) in [6, 6.07) is 11.2. The molecule has 0 saturated heterocycles. The van der Waals surface area contributed by atoms with E-state index in [1.54, 1.807) is 19.9 Å². The third kappa shape index (κ3) is 2.21. The van der Waals surface area contributed by atoms with E-state index >= 15 is 0 Å². The maximum atomic E-state index is 11.6. The maximum absolute atomic E-state index is 11.6. The molecule has 0 spiro atoms. The van der Waals surface area contributed by atoms with E-state index in [1.807, 2.05) is 30.3 Å². The number of esters is 1. The van der Waals surface area contributed by atoms with Crippen LogP contribution in [-0.4, -0.2) is 5.97 Å². The fraction of sp³-hybridized carbons (Fsp3) is 0.188. The zero-order valence-electron chi connectivity index (χ0n) is 10.4. The van der Waals surface area contributed by atoms with Crippen molar-refractivity contribution in [1.29, 1.82) is 0 Å². The molecule has 0 aliphatic heterocycles. The first-order valence-electron chi connectivity index (χ1n) is 5.83. The van der Waals surface area contributed by atoms with Crippen LogP contribution in [-0.2, 0) is 4.79 Å². The second kappa shape index (κ2) is 4.93. The van der Waals surface area contributed by atoms with Crippen molar-refractivity contribution >= 4 is 16.7 Å². The molecule has 0 heterocycles. The molecule has 0 aliphatic carbocycles. The number of fused-ring (bicyclic) bond motifs is 1. The summed E-state index contributed by atoms with van der Waals surface area (Å²) in [4.78, 5) is 11.6. The lowest BCUT2D eigenvalue weighted by molar-refractivity contribution is -0.137. The van der Waals surface area contributed by atoms with Crippen LogP contribution in [0.1, 0.15) is 19.4 Å². The smallest absolute Gasteiger partial charge is 0.313 e. The van der Waals surface area contributed by atoms with Crippen LogP contribution in [0.2, 0.25) is 0 Å². The third-order valence-electron chi connectivity index (χ3n) is 2.72. The highest BCUT2D eigenvalue weighted by Crippen LogP contribution is 2.28. The summed E-state index contributed by atoms with van der Waals surface area (Å²) >= 11 is 0. The molecule has 0 amide bonds. The minimum absolute atomic E-state index is 0.156. The molecule has 2 aromatic rings. The number of benzene rings is 2. The van der Waals surface area contributed by atoms with Crippen LogP contribution in [0.25, 0.3) is 10.8 Å². The molecule has 0 fully saturated rings. The summed E-state index contributed by atoms with van der Waals surface area (Å²) in [7, 11) is 0. The number of rotatable bonds is 2. The third-order valence-corrected chi connectivity index (χ3v) is 2.72. The van der Waals surface area contributed by atoms with Crippen LogP contribution in [0.3, 0.4) is 0 Å². The SMILES string of the molecule is C#Cc1cccc2c(OC(=O)C(C)C)cccc12. The molecule has 90 valence electrons. The van der Waals surface area contributed by atoms with Crippen molar-refractivity contribution in [2.45, 2.75) is 13.8 Å². The van der Waals surface area contributed by atoms with Gasteiger partial charge in [0.2, 0.25) is 0 Å². The fourth-order valence-electron chi connectivity index (χ4n) is 1.72. The quantitative estimate of drug-likeness (QED) is 0.455. The van der Waals surface area contributed by atoms with Gasteiger partial charge >= 0.3 is 5.97 Å². The van der Waals surface area contributed by atoms with Crippen molar-refractivity contribution in [2.24, 2.45) is 5.92 Å².